The van der Waals surface area contributed by atoms with Gasteiger partial charge in [0.25, 0.3) is 0 Å². The lowest BCUT2D eigenvalue weighted by Gasteiger charge is -2.05. The van der Waals surface area contributed by atoms with Crippen molar-refractivity contribution in [1.29, 1.82) is 0 Å². The molecule has 0 aliphatic rings. The maximum absolute atomic E-state index is 11.8. The molecule has 7 nitrogen and oxygen atoms in total. The third-order valence-corrected chi connectivity index (χ3v) is 2.78. The highest BCUT2D eigenvalue weighted by atomic mass is 16.6. The average molecular weight is 274 g/mol. The van der Waals surface area contributed by atoms with E-state index in [-0.39, 0.29) is 18.1 Å². The lowest BCUT2D eigenvalue weighted by Crippen LogP contribution is -2.18. The molecule has 0 bridgehead atoms. The SMILES string of the molecule is CCc1ccc(NC(=O)Cn2cc([N+](=O)[O-])cn2)cc1. The van der Waals surface area contributed by atoms with Crippen LogP contribution in [-0.4, -0.2) is 20.6 Å². The summed E-state index contributed by atoms with van der Waals surface area (Å²) < 4.78 is 1.23. The van der Waals surface area contributed by atoms with Crippen molar-refractivity contribution in [2.45, 2.75) is 19.9 Å². The zero-order chi connectivity index (χ0) is 14.5. The van der Waals surface area contributed by atoms with E-state index in [4.69, 9.17) is 0 Å². The molecule has 1 heterocycles. The molecule has 0 aliphatic heterocycles. The quantitative estimate of drug-likeness (QED) is 0.666. The van der Waals surface area contributed by atoms with Crippen molar-refractivity contribution >= 4 is 17.3 Å². The third kappa shape index (κ3) is 3.41. The van der Waals surface area contributed by atoms with Gasteiger partial charge < -0.3 is 5.32 Å². The van der Waals surface area contributed by atoms with Crippen LogP contribution >= 0.6 is 0 Å². The van der Waals surface area contributed by atoms with Crippen LogP contribution in [0.2, 0.25) is 0 Å². The van der Waals surface area contributed by atoms with E-state index >= 15 is 0 Å². The largest absolute Gasteiger partial charge is 0.324 e. The first-order valence-corrected chi connectivity index (χ1v) is 6.14. The van der Waals surface area contributed by atoms with Gasteiger partial charge in [-0.1, -0.05) is 19.1 Å². The Morgan fingerprint density at radius 3 is 2.65 bits per heavy atom. The van der Waals surface area contributed by atoms with Crippen molar-refractivity contribution in [3.05, 3.63) is 52.3 Å². The molecule has 0 saturated heterocycles. The molecule has 0 spiro atoms. The number of benzene rings is 1. The normalized spacial score (nSPS) is 10.2. The van der Waals surface area contributed by atoms with E-state index in [1.54, 1.807) is 0 Å². The Hall–Kier alpha value is -2.70. The Balaban J connectivity index is 1.95. The van der Waals surface area contributed by atoms with Gasteiger partial charge >= 0.3 is 5.69 Å². The molecule has 0 saturated carbocycles. The number of carbonyl (C=O) groups is 1. The first kappa shape index (κ1) is 13.7. The van der Waals surface area contributed by atoms with Gasteiger partial charge in [-0.2, -0.15) is 5.10 Å². The van der Waals surface area contributed by atoms with Crippen LogP contribution in [0.5, 0.6) is 0 Å². The summed E-state index contributed by atoms with van der Waals surface area (Å²) in [5, 5.41) is 17.0. The highest BCUT2D eigenvalue weighted by Gasteiger charge is 2.11. The van der Waals surface area contributed by atoms with Gasteiger partial charge in [-0.15, -0.1) is 0 Å². The van der Waals surface area contributed by atoms with E-state index < -0.39 is 4.92 Å². The molecule has 2 rings (SSSR count). The summed E-state index contributed by atoms with van der Waals surface area (Å²) in [7, 11) is 0. The van der Waals surface area contributed by atoms with Gasteiger partial charge in [0.15, 0.2) is 0 Å². The molecule has 2 aromatic rings. The van der Waals surface area contributed by atoms with E-state index in [2.05, 4.69) is 17.3 Å². The molecular weight excluding hydrogens is 260 g/mol. The molecule has 1 amide bonds. The molecule has 1 aromatic carbocycles. The fraction of sp³-hybridized carbons (Fsp3) is 0.231. The number of carbonyl (C=O) groups excluding carboxylic acids is 1. The van der Waals surface area contributed by atoms with Crippen molar-refractivity contribution in [2.24, 2.45) is 0 Å². The Labute approximate surface area is 115 Å². The van der Waals surface area contributed by atoms with Crippen LogP contribution < -0.4 is 5.32 Å². The van der Waals surface area contributed by atoms with Gasteiger partial charge in [0.05, 0.1) is 4.92 Å². The van der Waals surface area contributed by atoms with Gasteiger partial charge in [-0.3, -0.25) is 19.6 Å². The average Bonchev–Trinajstić information content (AvgIpc) is 2.88. The van der Waals surface area contributed by atoms with Gasteiger partial charge in [0.1, 0.15) is 18.9 Å². The van der Waals surface area contributed by atoms with E-state index in [1.165, 1.54) is 16.4 Å². The summed E-state index contributed by atoms with van der Waals surface area (Å²) in [6, 6.07) is 7.52. The summed E-state index contributed by atoms with van der Waals surface area (Å²) in [6.07, 6.45) is 3.27. The topological polar surface area (TPSA) is 90.1 Å². The molecule has 0 radical (unpaired) electrons. The minimum absolute atomic E-state index is 0.0661. The summed E-state index contributed by atoms with van der Waals surface area (Å²) >= 11 is 0. The number of amides is 1. The zero-order valence-electron chi connectivity index (χ0n) is 10.9. The molecule has 0 unspecified atom stereocenters. The number of anilines is 1. The lowest BCUT2D eigenvalue weighted by molar-refractivity contribution is -0.385. The van der Waals surface area contributed by atoms with Gasteiger partial charge in [-0.05, 0) is 24.1 Å². The van der Waals surface area contributed by atoms with Crippen molar-refractivity contribution in [3.63, 3.8) is 0 Å². The summed E-state index contributed by atoms with van der Waals surface area (Å²) in [4.78, 5) is 21.7. The number of hydrogen-bond donors (Lipinski definition) is 1. The van der Waals surface area contributed by atoms with Crippen LogP contribution in [0.3, 0.4) is 0 Å². The van der Waals surface area contributed by atoms with Crippen LogP contribution in [0.25, 0.3) is 0 Å². The Morgan fingerprint density at radius 2 is 2.10 bits per heavy atom. The monoisotopic (exact) mass is 274 g/mol. The van der Waals surface area contributed by atoms with E-state index in [0.717, 1.165) is 12.6 Å². The maximum Gasteiger partial charge on any atom is 0.307 e. The number of aromatic nitrogens is 2. The number of nitro groups is 1. The lowest BCUT2D eigenvalue weighted by atomic mass is 10.1. The molecule has 20 heavy (non-hydrogen) atoms. The molecule has 1 aromatic heterocycles. The highest BCUT2D eigenvalue weighted by Crippen LogP contribution is 2.11. The number of rotatable bonds is 5. The molecule has 0 atom stereocenters. The minimum atomic E-state index is -0.551. The summed E-state index contributed by atoms with van der Waals surface area (Å²) in [5.74, 6) is -0.285. The Morgan fingerprint density at radius 1 is 1.40 bits per heavy atom. The molecule has 0 aliphatic carbocycles. The first-order valence-electron chi connectivity index (χ1n) is 6.14. The van der Waals surface area contributed by atoms with Crippen LogP contribution in [0, 0.1) is 10.1 Å². The van der Waals surface area contributed by atoms with Crippen molar-refractivity contribution < 1.29 is 9.72 Å². The van der Waals surface area contributed by atoms with Crippen molar-refractivity contribution in [3.8, 4) is 0 Å². The van der Waals surface area contributed by atoms with E-state index in [9.17, 15) is 14.9 Å². The number of nitrogens with zero attached hydrogens (tertiary/aromatic N) is 3. The van der Waals surface area contributed by atoms with Crippen molar-refractivity contribution in [1.82, 2.24) is 9.78 Å². The van der Waals surface area contributed by atoms with Crippen molar-refractivity contribution in [2.75, 3.05) is 5.32 Å². The summed E-state index contributed by atoms with van der Waals surface area (Å²) in [6.45, 7) is 1.99. The fourth-order valence-corrected chi connectivity index (χ4v) is 1.70. The first-order chi connectivity index (χ1) is 9.58. The summed E-state index contributed by atoms with van der Waals surface area (Å²) in [5.41, 5.74) is 1.74. The standard InChI is InChI=1S/C13H14N4O3/c1-2-10-3-5-11(6-4-10)15-13(18)9-16-8-12(7-14-16)17(19)20/h3-8H,2,9H2,1H3,(H,15,18). The minimum Gasteiger partial charge on any atom is -0.324 e. The van der Waals surface area contributed by atoms with Crippen LogP contribution in [0.4, 0.5) is 11.4 Å². The fourth-order valence-electron chi connectivity index (χ4n) is 1.70. The van der Waals surface area contributed by atoms with Gasteiger partial charge in [0, 0.05) is 5.69 Å². The third-order valence-electron chi connectivity index (χ3n) is 2.78. The number of aryl methyl sites for hydroxylation is 1. The zero-order valence-corrected chi connectivity index (χ0v) is 10.9. The van der Waals surface area contributed by atoms with Gasteiger partial charge in [-0.25, -0.2) is 0 Å². The Bertz CT molecular complexity index is 619. The molecule has 104 valence electrons. The van der Waals surface area contributed by atoms with Crippen LogP contribution in [0.15, 0.2) is 36.7 Å². The second-order valence-corrected chi connectivity index (χ2v) is 4.25. The van der Waals surface area contributed by atoms with E-state index in [1.807, 2.05) is 24.3 Å². The predicted molar refractivity (Wildman–Crippen MR) is 73.3 cm³/mol. The second-order valence-electron chi connectivity index (χ2n) is 4.25. The number of nitrogens with one attached hydrogen (secondary N) is 1. The maximum atomic E-state index is 11.8. The smallest absolute Gasteiger partial charge is 0.307 e. The molecule has 7 heteroatoms. The second kappa shape index (κ2) is 5.96. The van der Waals surface area contributed by atoms with E-state index in [0.29, 0.717) is 5.69 Å². The predicted octanol–water partition coefficient (Wildman–Crippen LogP) is 1.99. The number of hydrogen-bond acceptors (Lipinski definition) is 4. The Kier molecular flexibility index (Phi) is 4.09. The molecule has 0 fully saturated rings. The van der Waals surface area contributed by atoms with Crippen LogP contribution in [-0.2, 0) is 17.8 Å². The van der Waals surface area contributed by atoms with Gasteiger partial charge in [0.2, 0.25) is 5.91 Å². The van der Waals surface area contributed by atoms with Crippen LogP contribution in [0.1, 0.15) is 12.5 Å². The molecule has 1 N–H and O–H groups in total. The molecular formula is C13H14N4O3. The highest BCUT2D eigenvalue weighted by molar-refractivity contribution is 5.90.